The van der Waals surface area contributed by atoms with Crippen LogP contribution in [0.5, 0.6) is 11.5 Å². The first kappa shape index (κ1) is 14.6. The first-order valence-electron chi connectivity index (χ1n) is 6.08. The van der Waals surface area contributed by atoms with Crippen molar-refractivity contribution in [1.82, 2.24) is 0 Å². The van der Waals surface area contributed by atoms with E-state index in [1.54, 1.807) is 36.4 Å². The third-order valence-corrected chi connectivity index (χ3v) is 3.12. The molecule has 0 amide bonds. The molecule has 5 heteroatoms. The highest BCUT2D eigenvalue weighted by molar-refractivity contribution is 6.30. The van der Waals surface area contributed by atoms with Gasteiger partial charge in [0.05, 0.1) is 7.11 Å². The van der Waals surface area contributed by atoms with Crippen molar-refractivity contribution >= 4 is 11.6 Å². The SMILES string of the molecule is COc1cccc(COc2ccc(Cl)cc2CN)c1F. The summed E-state index contributed by atoms with van der Waals surface area (Å²) in [5.41, 5.74) is 6.83. The maximum atomic E-state index is 14.0. The van der Waals surface area contributed by atoms with E-state index >= 15 is 0 Å². The van der Waals surface area contributed by atoms with Gasteiger partial charge in [0.15, 0.2) is 11.6 Å². The summed E-state index contributed by atoms with van der Waals surface area (Å²) < 4.78 is 24.5. The van der Waals surface area contributed by atoms with E-state index in [1.165, 1.54) is 7.11 Å². The van der Waals surface area contributed by atoms with Gasteiger partial charge in [0, 0.05) is 22.7 Å². The van der Waals surface area contributed by atoms with Crippen LogP contribution >= 0.6 is 11.6 Å². The quantitative estimate of drug-likeness (QED) is 0.918. The smallest absolute Gasteiger partial charge is 0.171 e. The fraction of sp³-hybridized carbons (Fsp3) is 0.200. The maximum absolute atomic E-state index is 14.0. The molecular formula is C15H15ClFNO2. The minimum Gasteiger partial charge on any atom is -0.494 e. The van der Waals surface area contributed by atoms with Crippen LogP contribution < -0.4 is 15.2 Å². The van der Waals surface area contributed by atoms with Gasteiger partial charge in [-0.25, -0.2) is 4.39 Å². The Morgan fingerprint density at radius 3 is 2.65 bits per heavy atom. The molecule has 0 radical (unpaired) electrons. The van der Waals surface area contributed by atoms with E-state index < -0.39 is 5.82 Å². The molecular weight excluding hydrogens is 281 g/mol. The summed E-state index contributed by atoms with van der Waals surface area (Å²) in [7, 11) is 1.43. The van der Waals surface area contributed by atoms with Crippen LogP contribution in [0.25, 0.3) is 0 Å². The number of nitrogens with two attached hydrogens (primary N) is 1. The normalized spacial score (nSPS) is 10.4. The molecule has 106 valence electrons. The van der Waals surface area contributed by atoms with Crippen LogP contribution in [0.3, 0.4) is 0 Å². The van der Waals surface area contributed by atoms with E-state index in [2.05, 4.69) is 0 Å². The fourth-order valence-corrected chi connectivity index (χ4v) is 2.02. The van der Waals surface area contributed by atoms with Crippen LogP contribution in [0.15, 0.2) is 36.4 Å². The van der Waals surface area contributed by atoms with E-state index in [4.69, 9.17) is 26.8 Å². The second kappa shape index (κ2) is 6.59. The zero-order chi connectivity index (χ0) is 14.5. The number of ether oxygens (including phenoxy) is 2. The molecule has 0 aliphatic rings. The molecule has 2 aromatic rings. The molecule has 0 fully saturated rings. The van der Waals surface area contributed by atoms with Gasteiger partial charge in [-0.05, 0) is 24.3 Å². The van der Waals surface area contributed by atoms with E-state index in [-0.39, 0.29) is 12.4 Å². The van der Waals surface area contributed by atoms with Gasteiger partial charge in [-0.1, -0.05) is 23.7 Å². The third kappa shape index (κ3) is 3.21. The molecule has 0 aromatic heterocycles. The van der Waals surface area contributed by atoms with Gasteiger partial charge in [0.2, 0.25) is 0 Å². The molecule has 20 heavy (non-hydrogen) atoms. The molecule has 0 aliphatic heterocycles. The largest absolute Gasteiger partial charge is 0.494 e. The summed E-state index contributed by atoms with van der Waals surface area (Å²) in [5.74, 6) is 0.374. The lowest BCUT2D eigenvalue weighted by Crippen LogP contribution is -2.04. The summed E-state index contributed by atoms with van der Waals surface area (Å²) >= 11 is 5.89. The average molecular weight is 296 g/mol. The van der Waals surface area contributed by atoms with Crippen molar-refractivity contribution in [2.45, 2.75) is 13.2 Å². The highest BCUT2D eigenvalue weighted by atomic mass is 35.5. The Morgan fingerprint density at radius 1 is 1.15 bits per heavy atom. The predicted octanol–water partition coefficient (Wildman–Crippen LogP) is 3.53. The lowest BCUT2D eigenvalue weighted by molar-refractivity contribution is 0.293. The zero-order valence-corrected chi connectivity index (χ0v) is 11.8. The topological polar surface area (TPSA) is 44.5 Å². The number of methoxy groups -OCH3 is 1. The second-order valence-electron chi connectivity index (χ2n) is 4.18. The fourth-order valence-electron chi connectivity index (χ4n) is 1.83. The van der Waals surface area contributed by atoms with Crippen LogP contribution in [0.4, 0.5) is 4.39 Å². The van der Waals surface area contributed by atoms with Crippen molar-refractivity contribution in [3.05, 3.63) is 58.4 Å². The minimum atomic E-state index is -0.418. The lowest BCUT2D eigenvalue weighted by atomic mass is 10.2. The number of benzene rings is 2. The summed E-state index contributed by atoms with van der Waals surface area (Å²) in [4.78, 5) is 0. The van der Waals surface area contributed by atoms with Gasteiger partial charge in [0.1, 0.15) is 12.4 Å². The van der Waals surface area contributed by atoms with Crippen LogP contribution in [0, 0.1) is 5.82 Å². The Bertz CT molecular complexity index is 604. The number of halogens is 2. The Labute approximate surface area is 122 Å². The molecule has 2 rings (SSSR count). The van der Waals surface area contributed by atoms with Crippen LogP contribution in [0.1, 0.15) is 11.1 Å². The van der Waals surface area contributed by atoms with Gasteiger partial charge in [-0.15, -0.1) is 0 Å². The third-order valence-electron chi connectivity index (χ3n) is 2.89. The predicted molar refractivity (Wildman–Crippen MR) is 76.6 cm³/mol. The minimum absolute atomic E-state index is 0.0949. The van der Waals surface area contributed by atoms with Gasteiger partial charge in [0.25, 0.3) is 0 Å². The van der Waals surface area contributed by atoms with Crippen molar-refractivity contribution < 1.29 is 13.9 Å². The molecule has 0 unspecified atom stereocenters. The molecule has 0 spiro atoms. The second-order valence-corrected chi connectivity index (χ2v) is 4.61. The van der Waals surface area contributed by atoms with Crippen molar-refractivity contribution in [2.24, 2.45) is 5.73 Å². The van der Waals surface area contributed by atoms with Gasteiger partial charge in [-0.2, -0.15) is 0 Å². The monoisotopic (exact) mass is 295 g/mol. The summed E-state index contributed by atoms with van der Waals surface area (Å²) in [6.07, 6.45) is 0. The Morgan fingerprint density at radius 2 is 1.95 bits per heavy atom. The summed E-state index contributed by atoms with van der Waals surface area (Å²) in [5, 5.41) is 0.588. The number of rotatable bonds is 5. The standard InChI is InChI=1S/C15H15ClFNO2/c1-19-14-4-2-3-10(15(14)17)9-20-13-6-5-12(16)7-11(13)8-18/h2-7H,8-9,18H2,1H3. The first-order chi connectivity index (χ1) is 9.65. The lowest BCUT2D eigenvalue weighted by Gasteiger charge is -2.12. The van der Waals surface area contributed by atoms with Crippen molar-refractivity contribution in [3.63, 3.8) is 0 Å². The Kier molecular flexibility index (Phi) is 4.82. The molecule has 0 saturated carbocycles. The highest BCUT2D eigenvalue weighted by Crippen LogP contribution is 2.25. The van der Waals surface area contributed by atoms with Gasteiger partial charge in [-0.3, -0.25) is 0 Å². The van der Waals surface area contributed by atoms with Gasteiger partial charge < -0.3 is 15.2 Å². The first-order valence-corrected chi connectivity index (χ1v) is 6.46. The van der Waals surface area contributed by atoms with Crippen LogP contribution in [0.2, 0.25) is 5.02 Å². The highest BCUT2D eigenvalue weighted by Gasteiger charge is 2.10. The average Bonchev–Trinajstić information content (AvgIpc) is 2.47. The van der Waals surface area contributed by atoms with E-state index in [0.717, 1.165) is 5.56 Å². The molecule has 0 saturated heterocycles. The molecule has 0 aliphatic carbocycles. The molecule has 0 atom stereocenters. The van der Waals surface area contributed by atoms with Crippen molar-refractivity contribution in [1.29, 1.82) is 0 Å². The maximum Gasteiger partial charge on any atom is 0.171 e. The summed E-state index contributed by atoms with van der Waals surface area (Å²) in [6.45, 7) is 0.397. The molecule has 0 bridgehead atoms. The van der Waals surface area contributed by atoms with E-state index in [1.807, 2.05) is 0 Å². The molecule has 2 N–H and O–H groups in total. The van der Waals surface area contributed by atoms with E-state index in [9.17, 15) is 4.39 Å². The van der Waals surface area contributed by atoms with Crippen LogP contribution in [-0.2, 0) is 13.2 Å². The number of hydrogen-bond donors (Lipinski definition) is 1. The molecule has 3 nitrogen and oxygen atoms in total. The summed E-state index contributed by atoms with van der Waals surface area (Å²) in [6, 6.07) is 10.1. The van der Waals surface area contributed by atoms with Gasteiger partial charge >= 0.3 is 0 Å². The van der Waals surface area contributed by atoms with Crippen molar-refractivity contribution in [2.75, 3.05) is 7.11 Å². The van der Waals surface area contributed by atoms with Crippen LogP contribution in [-0.4, -0.2) is 7.11 Å². The Balaban J connectivity index is 2.17. The number of hydrogen-bond acceptors (Lipinski definition) is 3. The molecule has 0 heterocycles. The Hall–Kier alpha value is -1.78. The zero-order valence-electron chi connectivity index (χ0n) is 11.0. The molecule has 2 aromatic carbocycles. The van der Waals surface area contributed by atoms with E-state index in [0.29, 0.717) is 22.9 Å². The van der Waals surface area contributed by atoms with Crippen molar-refractivity contribution in [3.8, 4) is 11.5 Å².